The van der Waals surface area contributed by atoms with E-state index in [1.807, 2.05) is 48.2 Å². The Morgan fingerprint density at radius 2 is 1.79 bits per heavy atom. The number of likely N-dealkylation sites (tertiary alicyclic amines) is 1. The van der Waals surface area contributed by atoms with Crippen LogP contribution in [0.15, 0.2) is 42.6 Å². The lowest BCUT2D eigenvalue weighted by Crippen LogP contribution is -2.32. The highest BCUT2D eigenvalue weighted by molar-refractivity contribution is 5.94. The second-order valence-corrected chi connectivity index (χ2v) is 7.38. The average Bonchev–Trinajstić information content (AvgIpc) is 3.05. The Labute approximate surface area is 165 Å². The van der Waals surface area contributed by atoms with Crippen LogP contribution in [0.3, 0.4) is 0 Å². The summed E-state index contributed by atoms with van der Waals surface area (Å²) >= 11 is 0. The molecule has 1 aromatic carbocycles. The van der Waals surface area contributed by atoms with E-state index in [4.69, 9.17) is 14.2 Å². The summed E-state index contributed by atoms with van der Waals surface area (Å²) in [6.45, 7) is 5.99. The summed E-state index contributed by atoms with van der Waals surface area (Å²) in [4.78, 5) is 18.9. The van der Waals surface area contributed by atoms with E-state index in [0.29, 0.717) is 37.6 Å². The zero-order valence-corrected chi connectivity index (χ0v) is 16.3. The molecule has 0 saturated carbocycles. The minimum Gasteiger partial charge on any atom is -0.484 e. The van der Waals surface area contributed by atoms with E-state index in [9.17, 15) is 4.79 Å². The van der Waals surface area contributed by atoms with Gasteiger partial charge in [0.2, 0.25) is 0 Å². The second kappa shape index (κ2) is 8.29. The van der Waals surface area contributed by atoms with Crippen LogP contribution in [-0.4, -0.2) is 60.4 Å². The zero-order valence-electron chi connectivity index (χ0n) is 16.3. The third-order valence-electron chi connectivity index (χ3n) is 5.29. The van der Waals surface area contributed by atoms with Gasteiger partial charge in [-0.25, -0.2) is 0 Å². The van der Waals surface area contributed by atoms with Gasteiger partial charge in [-0.1, -0.05) is 19.1 Å². The number of hydrogen-bond donors (Lipinski definition) is 0. The Hall–Kier alpha value is -2.44. The van der Waals surface area contributed by atoms with Crippen LogP contribution >= 0.6 is 0 Å². The topological polar surface area (TPSA) is 60.9 Å². The quantitative estimate of drug-likeness (QED) is 0.814. The highest BCUT2D eigenvalue weighted by Gasteiger charge is 2.39. The molecule has 0 radical (unpaired) electrons. The lowest BCUT2D eigenvalue weighted by atomic mass is 10.1. The second-order valence-electron chi connectivity index (χ2n) is 7.38. The molecule has 2 aliphatic heterocycles. The fourth-order valence-electron chi connectivity index (χ4n) is 3.59. The first-order valence-electron chi connectivity index (χ1n) is 9.83. The predicted octanol–water partition coefficient (Wildman–Crippen LogP) is 2.64. The van der Waals surface area contributed by atoms with Crippen molar-refractivity contribution in [2.75, 3.05) is 26.3 Å². The van der Waals surface area contributed by atoms with Crippen LogP contribution in [0.5, 0.6) is 5.75 Å². The first kappa shape index (κ1) is 18.9. The molecule has 2 fully saturated rings. The standard InChI is InChI=1S/C22H26N2O4/c1-3-16-5-7-17(8-6-16)22(25)24-11-20-21(12-24)27-14-19(13-26-20)28-18-9-4-15(2)23-10-18/h4-10,19-21H,3,11-14H2,1-2H3/t20-,21-/m0/s1. The van der Waals surface area contributed by atoms with Crippen LogP contribution in [0.4, 0.5) is 0 Å². The van der Waals surface area contributed by atoms with Crippen molar-refractivity contribution >= 4 is 5.91 Å². The maximum absolute atomic E-state index is 12.8. The third kappa shape index (κ3) is 4.18. The van der Waals surface area contributed by atoms with Gasteiger partial charge in [-0.3, -0.25) is 9.78 Å². The fourth-order valence-corrected chi connectivity index (χ4v) is 3.59. The van der Waals surface area contributed by atoms with Gasteiger partial charge in [-0.05, 0) is 43.2 Å². The molecule has 148 valence electrons. The number of carbonyl (C=O) groups is 1. The van der Waals surface area contributed by atoms with Gasteiger partial charge >= 0.3 is 0 Å². The van der Waals surface area contributed by atoms with E-state index < -0.39 is 0 Å². The van der Waals surface area contributed by atoms with Gasteiger partial charge in [0.1, 0.15) is 24.1 Å². The molecule has 2 aliphatic rings. The highest BCUT2D eigenvalue weighted by atomic mass is 16.6. The number of benzene rings is 1. The molecule has 1 amide bonds. The molecule has 2 atom stereocenters. The lowest BCUT2D eigenvalue weighted by molar-refractivity contribution is -0.00461. The number of nitrogens with zero attached hydrogens (tertiary/aromatic N) is 2. The van der Waals surface area contributed by atoms with Crippen LogP contribution in [0, 0.1) is 6.92 Å². The van der Waals surface area contributed by atoms with Crippen molar-refractivity contribution < 1.29 is 19.0 Å². The van der Waals surface area contributed by atoms with E-state index in [1.54, 1.807) is 6.20 Å². The van der Waals surface area contributed by atoms with Gasteiger partial charge in [0.05, 0.1) is 19.4 Å². The summed E-state index contributed by atoms with van der Waals surface area (Å²) in [5.41, 5.74) is 2.88. The molecule has 6 nitrogen and oxygen atoms in total. The summed E-state index contributed by atoms with van der Waals surface area (Å²) in [5.74, 6) is 0.739. The monoisotopic (exact) mass is 382 g/mol. The number of hydrogen-bond acceptors (Lipinski definition) is 5. The smallest absolute Gasteiger partial charge is 0.254 e. The molecule has 6 heteroatoms. The van der Waals surface area contributed by atoms with Crippen molar-refractivity contribution in [3.8, 4) is 5.75 Å². The van der Waals surface area contributed by atoms with Gasteiger partial charge in [-0.2, -0.15) is 0 Å². The lowest BCUT2D eigenvalue weighted by Gasteiger charge is -2.19. The Bertz CT molecular complexity index is 790. The van der Waals surface area contributed by atoms with Crippen LogP contribution < -0.4 is 4.74 Å². The van der Waals surface area contributed by atoms with Crippen molar-refractivity contribution in [2.24, 2.45) is 0 Å². The van der Waals surface area contributed by atoms with E-state index in [-0.39, 0.29) is 24.2 Å². The third-order valence-corrected chi connectivity index (χ3v) is 5.29. The van der Waals surface area contributed by atoms with Crippen molar-refractivity contribution in [3.63, 3.8) is 0 Å². The van der Waals surface area contributed by atoms with Gasteiger partial charge in [-0.15, -0.1) is 0 Å². The van der Waals surface area contributed by atoms with Crippen molar-refractivity contribution in [1.29, 1.82) is 0 Å². The maximum Gasteiger partial charge on any atom is 0.254 e. The molecule has 2 saturated heterocycles. The average molecular weight is 382 g/mol. The molecule has 0 N–H and O–H groups in total. The largest absolute Gasteiger partial charge is 0.484 e. The number of ether oxygens (including phenoxy) is 3. The van der Waals surface area contributed by atoms with Gasteiger partial charge in [0.15, 0.2) is 0 Å². The van der Waals surface area contributed by atoms with Crippen molar-refractivity contribution in [1.82, 2.24) is 9.88 Å². The van der Waals surface area contributed by atoms with Crippen molar-refractivity contribution in [2.45, 2.75) is 38.6 Å². The normalized spacial score (nSPS) is 22.6. The van der Waals surface area contributed by atoms with E-state index in [1.165, 1.54) is 5.56 Å². The van der Waals surface area contributed by atoms with Gasteiger partial charge in [0, 0.05) is 24.3 Å². The molecule has 0 aliphatic carbocycles. The Kier molecular flexibility index (Phi) is 5.59. The van der Waals surface area contributed by atoms with E-state index in [2.05, 4.69) is 11.9 Å². The first-order chi connectivity index (χ1) is 13.6. The number of amides is 1. The summed E-state index contributed by atoms with van der Waals surface area (Å²) in [6.07, 6.45) is 2.25. The number of carbonyl (C=O) groups excluding carboxylic acids is 1. The predicted molar refractivity (Wildman–Crippen MR) is 105 cm³/mol. The summed E-state index contributed by atoms with van der Waals surface area (Å²) in [5, 5.41) is 0. The summed E-state index contributed by atoms with van der Waals surface area (Å²) in [7, 11) is 0. The fraction of sp³-hybridized carbons (Fsp3) is 0.455. The minimum atomic E-state index is -0.180. The first-order valence-corrected chi connectivity index (χ1v) is 9.83. The van der Waals surface area contributed by atoms with Crippen LogP contribution in [0.25, 0.3) is 0 Å². The molecular weight excluding hydrogens is 356 g/mol. The van der Waals surface area contributed by atoms with Crippen molar-refractivity contribution in [3.05, 3.63) is 59.4 Å². The SMILES string of the molecule is CCc1ccc(C(=O)N2C[C@@H]3OCC(Oc4ccc(C)nc4)CO[C@H]3C2)cc1. The number of pyridine rings is 1. The van der Waals surface area contributed by atoms with E-state index >= 15 is 0 Å². The van der Waals surface area contributed by atoms with Crippen LogP contribution in [0.2, 0.25) is 0 Å². The highest BCUT2D eigenvalue weighted by Crippen LogP contribution is 2.23. The number of rotatable bonds is 4. The Morgan fingerprint density at radius 3 is 2.36 bits per heavy atom. The molecule has 0 spiro atoms. The number of aryl methyl sites for hydroxylation is 2. The molecule has 28 heavy (non-hydrogen) atoms. The maximum atomic E-state index is 12.8. The van der Waals surface area contributed by atoms with Crippen LogP contribution in [0.1, 0.15) is 28.5 Å². The Morgan fingerprint density at radius 1 is 1.11 bits per heavy atom. The molecule has 4 rings (SSSR count). The van der Waals surface area contributed by atoms with Gasteiger partial charge < -0.3 is 19.1 Å². The molecule has 1 aromatic heterocycles. The molecule has 2 aromatic rings. The Balaban J connectivity index is 1.33. The summed E-state index contributed by atoms with van der Waals surface area (Å²) < 4.78 is 18.0. The summed E-state index contributed by atoms with van der Waals surface area (Å²) in [6, 6.07) is 11.6. The van der Waals surface area contributed by atoms with E-state index in [0.717, 1.165) is 12.1 Å². The number of aromatic nitrogens is 1. The minimum absolute atomic E-state index is 0.0291. The number of fused-ring (bicyclic) bond motifs is 1. The molecule has 3 heterocycles. The molecular formula is C22H26N2O4. The van der Waals surface area contributed by atoms with Gasteiger partial charge in [0.25, 0.3) is 5.91 Å². The molecule has 0 bridgehead atoms. The molecule has 0 unspecified atom stereocenters. The zero-order chi connectivity index (χ0) is 19.5. The van der Waals surface area contributed by atoms with Crippen LogP contribution in [-0.2, 0) is 15.9 Å².